The largest absolute Gasteiger partial charge is 0.378 e. The van der Waals surface area contributed by atoms with Gasteiger partial charge in [0.15, 0.2) is 0 Å². The lowest BCUT2D eigenvalue weighted by Crippen LogP contribution is -2.36. The summed E-state index contributed by atoms with van der Waals surface area (Å²) in [4.78, 5) is 7.95. The van der Waals surface area contributed by atoms with Crippen LogP contribution in [0.4, 0.5) is 11.5 Å². The zero-order valence-electron chi connectivity index (χ0n) is 11.0. The van der Waals surface area contributed by atoms with E-state index in [1.54, 1.807) is 11.3 Å². The Bertz CT molecular complexity index is 552. The molecule has 1 N–H and O–H groups in total. The molecular formula is C14H16ClN3OS. The van der Waals surface area contributed by atoms with E-state index in [4.69, 9.17) is 16.3 Å². The van der Waals surface area contributed by atoms with Crippen LogP contribution in [0, 0.1) is 0 Å². The summed E-state index contributed by atoms with van der Waals surface area (Å²) in [5.74, 6) is 0.881. The van der Waals surface area contributed by atoms with Gasteiger partial charge < -0.3 is 15.0 Å². The van der Waals surface area contributed by atoms with Gasteiger partial charge in [-0.05, 0) is 18.2 Å². The van der Waals surface area contributed by atoms with Crippen LogP contribution < -0.4 is 10.2 Å². The summed E-state index contributed by atoms with van der Waals surface area (Å²) in [5, 5.41) is 6.03. The average Bonchev–Trinajstić information content (AvgIpc) is 2.92. The fraction of sp³-hybridized carbons (Fsp3) is 0.357. The molecular weight excluding hydrogens is 294 g/mol. The number of hydrogen-bond donors (Lipinski definition) is 1. The number of pyridine rings is 1. The first-order valence-corrected chi connectivity index (χ1v) is 7.82. The molecule has 2 aromatic heterocycles. The molecule has 1 aliphatic heterocycles. The number of ether oxygens (including phenoxy) is 1. The molecule has 1 fully saturated rings. The maximum Gasteiger partial charge on any atom is 0.126 e. The fourth-order valence-corrected chi connectivity index (χ4v) is 3.14. The van der Waals surface area contributed by atoms with Crippen molar-refractivity contribution in [2.24, 2.45) is 0 Å². The smallest absolute Gasteiger partial charge is 0.126 e. The van der Waals surface area contributed by atoms with Gasteiger partial charge in [-0.25, -0.2) is 4.98 Å². The molecule has 0 radical (unpaired) electrons. The highest BCUT2D eigenvalue weighted by Gasteiger charge is 2.11. The van der Waals surface area contributed by atoms with E-state index in [1.807, 2.05) is 23.7 Å². The molecule has 106 valence electrons. The molecule has 0 aromatic carbocycles. The Hall–Kier alpha value is -1.30. The maximum atomic E-state index is 5.90. The van der Waals surface area contributed by atoms with Crippen molar-refractivity contribution in [2.75, 3.05) is 36.5 Å². The molecule has 0 saturated carbocycles. The molecule has 0 amide bonds. The predicted octanol–water partition coefficient (Wildman–Crippen LogP) is 3.25. The van der Waals surface area contributed by atoms with Gasteiger partial charge in [-0.2, -0.15) is 0 Å². The van der Waals surface area contributed by atoms with Gasteiger partial charge >= 0.3 is 0 Å². The van der Waals surface area contributed by atoms with Crippen molar-refractivity contribution in [3.63, 3.8) is 0 Å². The molecule has 0 aliphatic carbocycles. The van der Waals surface area contributed by atoms with Gasteiger partial charge in [0.1, 0.15) is 5.82 Å². The van der Waals surface area contributed by atoms with Crippen LogP contribution in [0.3, 0.4) is 0 Å². The van der Waals surface area contributed by atoms with Crippen LogP contribution in [-0.4, -0.2) is 31.3 Å². The highest BCUT2D eigenvalue weighted by atomic mass is 35.5. The Morgan fingerprint density at radius 1 is 1.35 bits per heavy atom. The van der Waals surface area contributed by atoms with Gasteiger partial charge in [0.05, 0.1) is 36.7 Å². The van der Waals surface area contributed by atoms with E-state index in [-0.39, 0.29) is 0 Å². The Morgan fingerprint density at radius 2 is 2.20 bits per heavy atom. The van der Waals surface area contributed by atoms with E-state index < -0.39 is 0 Å². The standard InChI is InChI=1S/C14H16ClN3OS/c15-11-7-13(20-10-11)9-17-14-2-1-12(8-16-14)18-3-5-19-6-4-18/h1-2,7-8,10H,3-6,9H2,(H,16,17). The minimum absolute atomic E-state index is 0.751. The number of halogens is 1. The van der Waals surface area contributed by atoms with Gasteiger partial charge in [-0.3, -0.25) is 0 Å². The van der Waals surface area contributed by atoms with E-state index in [9.17, 15) is 0 Å². The van der Waals surface area contributed by atoms with Gasteiger partial charge in [0, 0.05) is 23.3 Å². The summed E-state index contributed by atoms with van der Waals surface area (Å²) < 4.78 is 5.35. The minimum Gasteiger partial charge on any atom is -0.378 e. The zero-order chi connectivity index (χ0) is 13.8. The third-order valence-corrected chi connectivity index (χ3v) is 4.47. The minimum atomic E-state index is 0.751. The summed E-state index contributed by atoms with van der Waals surface area (Å²) in [5.41, 5.74) is 1.15. The van der Waals surface area contributed by atoms with Crippen LogP contribution in [-0.2, 0) is 11.3 Å². The van der Waals surface area contributed by atoms with Crippen molar-refractivity contribution in [1.29, 1.82) is 0 Å². The van der Waals surface area contributed by atoms with Gasteiger partial charge in [0.2, 0.25) is 0 Å². The van der Waals surface area contributed by atoms with Gasteiger partial charge in [-0.1, -0.05) is 11.6 Å². The Balaban J connectivity index is 1.58. The van der Waals surface area contributed by atoms with Crippen molar-refractivity contribution < 1.29 is 4.74 Å². The molecule has 20 heavy (non-hydrogen) atoms. The highest BCUT2D eigenvalue weighted by molar-refractivity contribution is 7.10. The average molecular weight is 310 g/mol. The van der Waals surface area contributed by atoms with E-state index in [0.717, 1.165) is 49.4 Å². The van der Waals surface area contributed by atoms with Gasteiger partial charge in [0.25, 0.3) is 0 Å². The molecule has 3 rings (SSSR count). The van der Waals surface area contributed by atoms with E-state index in [1.165, 1.54) is 4.88 Å². The molecule has 0 spiro atoms. The predicted molar refractivity (Wildman–Crippen MR) is 83.9 cm³/mol. The van der Waals surface area contributed by atoms with Gasteiger partial charge in [-0.15, -0.1) is 11.3 Å². The second-order valence-corrected chi connectivity index (χ2v) is 6.02. The summed E-state index contributed by atoms with van der Waals surface area (Å²) in [6.07, 6.45) is 1.91. The molecule has 1 saturated heterocycles. The molecule has 0 bridgehead atoms. The molecule has 6 heteroatoms. The maximum absolute atomic E-state index is 5.90. The van der Waals surface area contributed by atoms with Crippen molar-refractivity contribution in [3.05, 3.63) is 39.7 Å². The van der Waals surface area contributed by atoms with Crippen LogP contribution >= 0.6 is 22.9 Å². The van der Waals surface area contributed by atoms with Crippen molar-refractivity contribution in [2.45, 2.75) is 6.54 Å². The van der Waals surface area contributed by atoms with Crippen LogP contribution in [0.2, 0.25) is 5.02 Å². The Morgan fingerprint density at radius 3 is 2.85 bits per heavy atom. The van der Waals surface area contributed by atoms with E-state index in [0.29, 0.717) is 0 Å². The monoisotopic (exact) mass is 309 g/mol. The first-order valence-electron chi connectivity index (χ1n) is 6.57. The number of nitrogens with one attached hydrogen (secondary N) is 1. The third kappa shape index (κ3) is 3.42. The lowest BCUT2D eigenvalue weighted by atomic mass is 10.3. The first-order chi connectivity index (χ1) is 9.81. The Kier molecular flexibility index (Phi) is 4.40. The Labute approximate surface area is 127 Å². The first kappa shape index (κ1) is 13.7. The van der Waals surface area contributed by atoms with Crippen molar-refractivity contribution >= 4 is 34.4 Å². The number of rotatable bonds is 4. The van der Waals surface area contributed by atoms with Crippen LogP contribution in [0.5, 0.6) is 0 Å². The topological polar surface area (TPSA) is 37.4 Å². The summed E-state index contributed by atoms with van der Waals surface area (Å²) in [7, 11) is 0. The normalized spacial score (nSPS) is 15.3. The van der Waals surface area contributed by atoms with E-state index >= 15 is 0 Å². The fourth-order valence-electron chi connectivity index (χ4n) is 2.12. The van der Waals surface area contributed by atoms with Crippen LogP contribution in [0.25, 0.3) is 0 Å². The lowest BCUT2D eigenvalue weighted by Gasteiger charge is -2.28. The van der Waals surface area contributed by atoms with Crippen molar-refractivity contribution in [1.82, 2.24) is 4.98 Å². The summed E-state index contributed by atoms with van der Waals surface area (Å²) >= 11 is 7.55. The van der Waals surface area contributed by atoms with Crippen LogP contribution in [0.15, 0.2) is 29.8 Å². The second-order valence-electron chi connectivity index (χ2n) is 4.59. The number of morpholine rings is 1. The number of aromatic nitrogens is 1. The number of nitrogens with zero attached hydrogens (tertiary/aromatic N) is 2. The summed E-state index contributed by atoms with van der Waals surface area (Å²) in [6.45, 7) is 4.20. The molecule has 0 unspecified atom stereocenters. The molecule has 3 heterocycles. The zero-order valence-corrected chi connectivity index (χ0v) is 12.6. The molecule has 0 atom stereocenters. The SMILES string of the molecule is Clc1csc(CNc2ccc(N3CCOCC3)cn2)c1. The molecule has 2 aromatic rings. The molecule has 1 aliphatic rings. The third-order valence-electron chi connectivity index (χ3n) is 3.19. The van der Waals surface area contributed by atoms with E-state index in [2.05, 4.69) is 21.3 Å². The summed E-state index contributed by atoms with van der Waals surface area (Å²) in [6, 6.07) is 6.09. The number of hydrogen-bond acceptors (Lipinski definition) is 5. The second kappa shape index (κ2) is 6.43. The lowest BCUT2D eigenvalue weighted by molar-refractivity contribution is 0.122. The number of anilines is 2. The quantitative estimate of drug-likeness (QED) is 0.941. The number of thiophene rings is 1. The van der Waals surface area contributed by atoms with Crippen LogP contribution in [0.1, 0.15) is 4.88 Å². The highest BCUT2D eigenvalue weighted by Crippen LogP contribution is 2.21. The molecule has 4 nitrogen and oxygen atoms in total. The van der Waals surface area contributed by atoms with Crippen molar-refractivity contribution in [3.8, 4) is 0 Å².